The van der Waals surface area contributed by atoms with Crippen molar-refractivity contribution in [3.8, 4) is 0 Å². The molecule has 0 aliphatic rings. The van der Waals surface area contributed by atoms with Gasteiger partial charge in [-0.15, -0.1) is 0 Å². The van der Waals surface area contributed by atoms with Crippen LogP contribution in [0.4, 0.5) is 26.3 Å². The highest BCUT2D eigenvalue weighted by molar-refractivity contribution is 5.86. The number of hydrogen-bond donors (Lipinski definition) is 0. The minimum absolute atomic E-state index is 0.0837. The Hall–Kier alpha value is -1.72. The molecule has 0 aliphatic carbocycles. The third-order valence-corrected chi connectivity index (χ3v) is 2.51. The Bertz CT molecular complexity index is 579. The van der Waals surface area contributed by atoms with E-state index in [1.807, 2.05) is 0 Å². The minimum Gasteiger partial charge on any atom is -0.166 e. The third-order valence-electron chi connectivity index (χ3n) is 2.51. The lowest BCUT2D eigenvalue weighted by molar-refractivity contribution is -0.137. The highest BCUT2D eigenvalue weighted by Gasteiger charge is 2.34. The molecule has 0 fully saturated rings. The first kappa shape index (κ1) is 12.7. The summed E-state index contributed by atoms with van der Waals surface area (Å²) in [5.74, 6) is 0. The Morgan fingerprint density at radius 1 is 0.722 bits per heavy atom. The summed E-state index contributed by atoms with van der Waals surface area (Å²) in [6, 6.07) is 5.36. The Morgan fingerprint density at radius 2 is 1.39 bits per heavy atom. The van der Waals surface area contributed by atoms with Gasteiger partial charge in [0.2, 0.25) is 0 Å². The highest BCUT2D eigenvalue weighted by atomic mass is 19.4. The summed E-state index contributed by atoms with van der Waals surface area (Å²) in [6.45, 7) is 0. The van der Waals surface area contributed by atoms with Gasteiger partial charge in [-0.05, 0) is 29.0 Å². The van der Waals surface area contributed by atoms with Crippen molar-refractivity contribution in [2.75, 3.05) is 0 Å². The highest BCUT2D eigenvalue weighted by Crippen LogP contribution is 2.37. The van der Waals surface area contributed by atoms with E-state index in [0.29, 0.717) is 12.1 Å². The van der Waals surface area contributed by atoms with Crippen LogP contribution in [0.3, 0.4) is 0 Å². The van der Waals surface area contributed by atoms with Gasteiger partial charge in [0.25, 0.3) is 0 Å². The van der Waals surface area contributed by atoms with Crippen molar-refractivity contribution in [1.29, 1.82) is 0 Å². The summed E-state index contributed by atoms with van der Waals surface area (Å²) < 4.78 is 75.2. The van der Waals surface area contributed by atoms with E-state index in [0.717, 1.165) is 18.2 Å². The standard InChI is InChI=1S/C12H6F6/c13-11(14,15)8-4-5-9-7(6-8)2-1-3-10(9)12(16,17)18/h1-6H. The molecule has 0 atom stereocenters. The van der Waals surface area contributed by atoms with Crippen LogP contribution in [-0.2, 0) is 12.4 Å². The van der Waals surface area contributed by atoms with Gasteiger partial charge in [-0.2, -0.15) is 26.3 Å². The van der Waals surface area contributed by atoms with Crippen LogP contribution in [-0.4, -0.2) is 0 Å². The van der Waals surface area contributed by atoms with Crippen LogP contribution >= 0.6 is 0 Å². The van der Waals surface area contributed by atoms with E-state index in [9.17, 15) is 26.3 Å². The smallest absolute Gasteiger partial charge is 0.166 e. The lowest BCUT2D eigenvalue weighted by atomic mass is 10.0. The van der Waals surface area contributed by atoms with Crippen molar-refractivity contribution in [2.24, 2.45) is 0 Å². The summed E-state index contributed by atoms with van der Waals surface area (Å²) in [5.41, 5.74) is -1.90. The molecule has 18 heavy (non-hydrogen) atoms. The molecule has 2 aromatic rings. The van der Waals surface area contributed by atoms with E-state index < -0.39 is 23.5 Å². The molecule has 2 aromatic carbocycles. The minimum atomic E-state index is -4.58. The van der Waals surface area contributed by atoms with E-state index in [1.165, 1.54) is 6.07 Å². The zero-order valence-corrected chi connectivity index (χ0v) is 8.73. The van der Waals surface area contributed by atoms with Crippen molar-refractivity contribution in [3.63, 3.8) is 0 Å². The quantitative estimate of drug-likeness (QED) is 0.595. The molecule has 0 aromatic heterocycles. The van der Waals surface area contributed by atoms with Crippen LogP contribution in [0.5, 0.6) is 0 Å². The van der Waals surface area contributed by atoms with Gasteiger partial charge in [-0.1, -0.05) is 18.2 Å². The zero-order chi connectivity index (χ0) is 13.6. The van der Waals surface area contributed by atoms with Crippen LogP contribution in [0.15, 0.2) is 36.4 Å². The molecule has 2 rings (SSSR count). The number of rotatable bonds is 0. The fourth-order valence-electron chi connectivity index (χ4n) is 1.71. The van der Waals surface area contributed by atoms with Gasteiger partial charge in [0, 0.05) is 0 Å². The molecule has 0 saturated heterocycles. The average Bonchev–Trinajstić information content (AvgIpc) is 2.25. The van der Waals surface area contributed by atoms with E-state index in [4.69, 9.17) is 0 Å². The van der Waals surface area contributed by atoms with Gasteiger partial charge in [-0.3, -0.25) is 0 Å². The molecule has 96 valence electrons. The Balaban J connectivity index is 2.68. The molecule has 0 saturated carbocycles. The molecule has 0 N–H and O–H groups in total. The summed E-state index contributed by atoms with van der Waals surface area (Å²) in [6.07, 6.45) is -9.15. The lowest BCUT2D eigenvalue weighted by Gasteiger charge is -2.12. The molecular formula is C12H6F6. The van der Waals surface area contributed by atoms with Crippen LogP contribution in [0.2, 0.25) is 0 Å². The summed E-state index contributed by atoms with van der Waals surface area (Å²) in [7, 11) is 0. The number of fused-ring (bicyclic) bond motifs is 1. The van der Waals surface area contributed by atoms with E-state index in [-0.39, 0.29) is 10.8 Å². The second kappa shape index (κ2) is 3.90. The first-order valence-corrected chi connectivity index (χ1v) is 4.87. The summed E-state index contributed by atoms with van der Waals surface area (Å²) in [4.78, 5) is 0. The topological polar surface area (TPSA) is 0 Å². The summed E-state index contributed by atoms with van der Waals surface area (Å²) in [5, 5.41) is -0.322. The lowest BCUT2D eigenvalue weighted by Crippen LogP contribution is -2.07. The van der Waals surface area contributed by atoms with Gasteiger partial charge >= 0.3 is 12.4 Å². The second-order valence-electron chi connectivity index (χ2n) is 3.74. The van der Waals surface area contributed by atoms with Crippen molar-refractivity contribution in [3.05, 3.63) is 47.5 Å². The predicted molar refractivity (Wildman–Crippen MR) is 54.0 cm³/mol. The van der Waals surface area contributed by atoms with Gasteiger partial charge in [0.1, 0.15) is 0 Å². The maximum absolute atomic E-state index is 12.6. The number of halogens is 6. The fraction of sp³-hybridized carbons (Fsp3) is 0.167. The second-order valence-corrected chi connectivity index (χ2v) is 3.74. The molecule has 6 heteroatoms. The molecule has 0 radical (unpaired) electrons. The van der Waals surface area contributed by atoms with Crippen LogP contribution in [0, 0.1) is 0 Å². The molecule has 0 aliphatic heterocycles. The maximum atomic E-state index is 12.6. The van der Waals surface area contributed by atoms with E-state index >= 15 is 0 Å². The average molecular weight is 264 g/mol. The Labute approximate surface area is 97.8 Å². The number of alkyl halides is 6. The molecule has 0 amide bonds. The van der Waals surface area contributed by atoms with Gasteiger partial charge < -0.3 is 0 Å². The molecule has 0 heterocycles. The van der Waals surface area contributed by atoms with Crippen molar-refractivity contribution in [1.82, 2.24) is 0 Å². The van der Waals surface area contributed by atoms with Gasteiger partial charge in [-0.25, -0.2) is 0 Å². The SMILES string of the molecule is FC(F)(F)c1ccc2c(C(F)(F)F)cccc2c1. The number of hydrogen-bond acceptors (Lipinski definition) is 0. The van der Waals surface area contributed by atoms with E-state index in [1.54, 1.807) is 0 Å². The molecule has 0 spiro atoms. The third kappa shape index (κ3) is 2.27. The van der Waals surface area contributed by atoms with Crippen molar-refractivity contribution in [2.45, 2.75) is 12.4 Å². The Morgan fingerprint density at radius 3 is 1.94 bits per heavy atom. The monoisotopic (exact) mass is 264 g/mol. The molecule has 0 unspecified atom stereocenters. The zero-order valence-electron chi connectivity index (χ0n) is 8.73. The largest absolute Gasteiger partial charge is 0.417 e. The predicted octanol–water partition coefficient (Wildman–Crippen LogP) is 4.88. The van der Waals surface area contributed by atoms with Crippen molar-refractivity contribution >= 4 is 10.8 Å². The Kier molecular flexibility index (Phi) is 2.76. The molecule has 0 bridgehead atoms. The fourth-order valence-corrected chi connectivity index (χ4v) is 1.71. The number of benzene rings is 2. The van der Waals surface area contributed by atoms with Crippen LogP contribution in [0.1, 0.15) is 11.1 Å². The van der Waals surface area contributed by atoms with Crippen LogP contribution in [0.25, 0.3) is 10.8 Å². The summed E-state index contributed by atoms with van der Waals surface area (Å²) >= 11 is 0. The first-order chi connectivity index (χ1) is 8.19. The molecular weight excluding hydrogens is 258 g/mol. The molecule has 0 nitrogen and oxygen atoms in total. The van der Waals surface area contributed by atoms with Gasteiger partial charge in [0.05, 0.1) is 11.1 Å². The first-order valence-electron chi connectivity index (χ1n) is 4.87. The normalized spacial score (nSPS) is 13.0. The van der Waals surface area contributed by atoms with E-state index in [2.05, 4.69) is 0 Å². The maximum Gasteiger partial charge on any atom is 0.417 e. The van der Waals surface area contributed by atoms with Crippen molar-refractivity contribution < 1.29 is 26.3 Å². The van der Waals surface area contributed by atoms with Gasteiger partial charge in [0.15, 0.2) is 0 Å². The van der Waals surface area contributed by atoms with Crippen LogP contribution < -0.4 is 0 Å².